The second-order valence-electron chi connectivity index (χ2n) is 6.48. The van der Waals surface area contributed by atoms with Crippen molar-refractivity contribution in [2.45, 2.75) is 24.8 Å². The van der Waals surface area contributed by atoms with Crippen molar-refractivity contribution in [3.63, 3.8) is 0 Å². The largest absolute Gasteiger partial charge is 0.497 e. The van der Waals surface area contributed by atoms with Crippen molar-refractivity contribution in [3.05, 3.63) is 59.7 Å². The van der Waals surface area contributed by atoms with Crippen LogP contribution in [0.3, 0.4) is 0 Å². The van der Waals surface area contributed by atoms with Crippen molar-refractivity contribution in [2.75, 3.05) is 12.9 Å². The molecule has 0 saturated heterocycles. The SMILES string of the molecule is CCn1c(SCC(=O)N/N=C/c2ccc(C(F)(F)F)cc2)nnc1-c1ccc(OC)cc1. The zero-order valence-electron chi connectivity index (χ0n) is 17.3. The number of methoxy groups -OCH3 is 1. The van der Waals surface area contributed by atoms with E-state index in [4.69, 9.17) is 4.74 Å². The van der Waals surface area contributed by atoms with E-state index in [2.05, 4.69) is 20.7 Å². The summed E-state index contributed by atoms with van der Waals surface area (Å²) < 4.78 is 44.8. The molecular weight excluding hydrogens is 443 g/mol. The van der Waals surface area contributed by atoms with Gasteiger partial charge in [-0.1, -0.05) is 23.9 Å². The molecule has 0 spiro atoms. The molecule has 2 aromatic carbocycles. The lowest BCUT2D eigenvalue weighted by Crippen LogP contribution is -2.20. The van der Waals surface area contributed by atoms with E-state index in [0.29, 0.717) is 23.1 Å². The van der Waals surface area contributed by atoms with Gasteiger partial charge in [0.1, 0.15) is 5.75 Å². The van der Waals surface area contributed by atoms with E-state index in [1.807, 2.05) is 35.8 Å². The zero-order valence-corrected chi connectivity index (χ0v) is 18.1. The Morgan fingerprint density at radius 3 is 2.44 bits per heavy atom. The number of hydrogen-bond donors (Lipinski definition) is 1. The maximum Gasteiger partial charge on any atom is 0.416 e. The molecule has 0 atom stereocenters. The number of halogens is 3. The van der Waals surface area contributed by atoms with Gasteiger partial charge in [0.2, 0.25) is 0 Å². The van der Waals surface area contributed by atoms with Crippen molar-refractivity contribution in [3.8, 4) is 17.1 Å². The lowest BCUT2D eigenvalue weighted by atomic mass is 10.1. The predicted octanol–water partition coefficient (Wildman–Crippen LogP) is 4.23. The van der Waals surface area contributed by atoms with Crippen LogP contribution in [0, 0.1) is 0 Å². The molecule has 0 saturated carbocycles. The first-order chi connectivity index (χ1) is 15.3. The average molecular weight is 463 g/mol. The molecule has 0 fully saturated rings. The molecule has 0 bridgehead atoms. The van der Waals surface area contributed by atoms with Crippen molar-refractivity contribution in [1.82, 2.24) is 20.2 Å². The Labute approximate surface area is 186 Å². The van der Waals surface area contributed by atoms with Gasteiger partial charge in [0.05, 0.1) is 24.6 Å². The van der Waals surface area contributed by atoms with Crippen molar-refractivity contribution < 1.29 is 22.7 Å². The van der Waals surface area contributed by atoms with Crippen molar-refractivity contribution >= 4 is 23.9 Å². The Kier molecular flexibility index (Phi) is 7.52. The van der Waals surface area contributed by atoms with Crippen LogP contribution < -0.4 is 10.2 Å². The summed E-state index contributed by atoms with van der Waals surface area (Å²) in [6.07, 6.45) is -3.12. The molecule has 0 aliphatic heterocycles. The van der Waals surface area contributed by atoms with Crippen LogP contribution in [0.2, 0.25) is 0 Å². The van der Waals surface area contributed by atoms with E-state index < -0.39 is 11.7 Å². The summed E-state index contributed by atoms with van der Waals surface area (Å²) in [5.41, 5.74) is 2.91. The lowest BCUT2D eigenvalue weighted by Gasteiger charge is -2.07. The molecule has 1 N–H and O–H groups in total. The van der Waals surface area contributed by atoms with Gasteiger partial charge in [-0.25, -0.2) is 5.43 Å². The highest BCUT2D eigenvalue weighted by Crippen LogP contribution is 2.29. The van der Waals surface area contributed by atoms with Gasteiger partial charge in [0.25, 0.3) is 5.91 Å². The van der Waals surface area contributed by atoms with E-state index in [1.54, 1.807) is 7.11 Å². The van der Waals surface area contributed by atoms with Crippen LogP contribution in [-0.2, 0) is 17.5 Å². The molecule has 168 valence electrons. The summed E-state index contributed by atoms with van der Waals surface area (Å²) in [7, 11) is 1.59. The third-order valence-electron chi connectivity index (χ3n) is 4.35. The summed E-state index contributed by atoms with van der Waals surface area (Å²) in [6, 6.07) is 11.9. The number of hydrogen-bond acceptors (Lipinski definition) is 6. The standard InChI is InChI=1S/C21H20F3N5O2S/c1-3-29-19(15-6-10-17(31-2)11-7-15)27-28-20(29)32-13-18(30)26-25-12-14-4-8-16(9-5-14)21(22,23)24/h4-12H,3,13H2,1-2H3,(H,26,30)/b25-12+. The van der Waals surface area contributed by atoms with Gasteiger partial charge >= 0.3 is 6.18 Å². The summed E-state index contributed by atoms with van der Waals surface area (Å²) in [4.78, 5) is 12.1. The number of nitrogens with one attached hydrogen (secondary N) is 1. The summed E-state index contributed by atoms with van der Waals surface area (Å²) >= 11 is 1.21. The summed E-state index contributed by atoms with van der Waals surface area (Å²) in [5.74, 6) is 1.08. The lowest BCUT2D eigenvalue weighted by molar-refractivity contribution is -0.137. The van der Waals surface area contributed by atoms with Gasteiger partial charge < -0.3 is 9.30 Å². The fraction of sp³-hybridized carbons (Fsp3) is 0.238. The first-order valence-corrected chi connectivity index (χ1v) is 10.5. The number of amides is 1. The fourth-order valence-electron chi connectivity index (χ4n) is 2.73. The Morgan fingerprint density at radius 1 is 1.16 bits per heavy atom. The van der Waals surface area contributed by atoms with Crippen LogP contribution in [0.4, 0.5) is 13.2 Å². The van der Waals surface area contributed by atoms with Crippen LogP contribution in [0.1, 0.15) is 18.1 Å². The molecule has 0 aliphatic carbocycles. The van der Waals surface area contributed by atoms with Gasteiger partial charge in [-0.2, -0.15) is 18.3 Å². The predicted molar refractivity (Wildman–Crippen MR) is 116 cm³/mol. The number of aromatic nitrogens is 3. The van der Waals surface area contributed by atoms with Gasteiger partial charge in [-0.05, 0) is 48.9 Å². The highest BCUT2D eigenvalue weighted by Gasteiger charge is 2.29. The Hall–Kier alpha value is -3.34. The molecule has 32 heavy (non-hydrogen) atoms. The van der Waals surface area contributed by atoms with Gasteiger partial charge in [0, 0.05) is 12.1 Å². The van der Waals surface area contributed by atoms with E-state index in [-0.39, 0.29) is 11.7 Å². The molecule has 3 rings (SSSR count). The highest BCUT2D eigenvalue weighted by molar-refractivity contribution is 7.99. The van der Waals surface area contributed by atoms with E-state index in [9.17, 15) is 18.0 Å². The monoisotopic (exact) mass is 463 g/mol. The van der Waals surface area contributed by atoms with Crippen LogP contribution in [-0.4, -0.2) is 39.7 Å². The molecule has 1 amide bonds. The van der Waals surface area contributed by atoms with Crippen molar-refractivity contribution in [1.29, 1.82) is 0 Å². The van der Waals surface area contributed by atoms with Gasteiger partial charge in [-0.3, -0.25) is 4.79 Å². The molecule has 1 heterocycles. The number of alkyl halides is 3. The highest BCUT2D eigenvalue weighted by atomic mass is 32.2. The normalized spacial score (nSPS) is 11.7. The minimum atomic E-state index is -4.40. The molecule has 0 radical (unpaired) electrons. The summed E-state index contributed by atoms with van der Waals surface area (Å²) in [5, 5.41) is 12.8. The number of carbonyl (C=O) groups excluding carboxylic acids is 1. The third kappa shape index (κ3) is 5.88. The first-order valence-electron chi connectivity index (χ1n) is 9.51. The molecular formula is C21H20F3N5O2S. The molecule has 3 aromatic rings. The Balaban J connectivity index is 1.56. The second-order valence-corrected chi connectivity index (χ2v) is 7.42. The number of ether oxygens (including phenoxy) is 1. The Morgan fingerprint density at radius 2 is 1.84 bits per heavy atom. The zero-order chi connectivity index (χ0) is 23.1. The van der Waals surface area contributed by atoms with E-state index >= 15 is 0 Å². The minimum Gasteiger partial charge on any atom is -0.497 e. The summed E-state index contributed by atoms with van der Waals surface area (Å²) in [6.45, 7) is 2.57. The first kappa shape index (κ1) is 23.3. The maximum atomic E-state index is 12.6. The number of thioether (sulfide) groups is 1. The van der Waals surface area contributed by atoms with Crippen LogP contribution in [0.15, 0.2) is 58.8 Å². The smallest absolute Gasteiger partial charge is 0.416 e. The second kappa shape index (κ2) is 10.3. The quantitative estimate of drug-likeness (QED) is 0.307. The molecule has 7 nitrogen and oxygen atoms in total. The number of rotatable bonds is 8. The van der Waals surface area contributed by atoms with E-state index in [1.165, 1.54) is 30.1 Å². The number of carbonyl (C=O) groups is 1. The fourth-order valence-corrected chi connectivity index (χ4v) is 3.53. The number of benzene rings is 2. The molecule has 11 heteroatoms. The van der Waals surface area contributed by atoms with E-state index in [0.717, 1.165) is 23.4 Å². The van der Waals surface area contributed by atoms with Crippen LogP contribution in [0.5, 0.6) is 5.75 Å². The third-order valence-corrected chi connectivity index (χ3v) is 5.32. The van der Waals surface area contributed by atoms with Gasteiger partial charge in [-0.15, -0.1) is 10.2 Å². The maximum absolute atomic E-state index is 12.6. The number of nitrogens with zero attached hydrogens (tertiary/aromatic N) is 4. The molecule has 1 aromatic heterocycles. The average Bonchev–Trinajstić information content (AvgIpc) is 3.20. The Bertz CT molecular complexity index is 1080. The van der Waals surface area contributed by atoms with Crippen LogP contribution in [0.25, 0.3) is 11.4 Å². The van der Waals surface area contributed by atoms with Gasteiger partial charge in [0.15, 0.2) is 11.0 Å². The minimum absolute atomic E-state index is 0.0467. The van der Waals surface area contributed by atoms with Crippen LogP contribution >= 0.6 is 11.8 Å². The molecule has 0 unspecified atom stereocenters. The molecule has 0 aliphatic rings. The number of hydrazone groups is 1. The topological polar surface area (TPSA) is 81.4 Å². The van der Waals surface area contributed by atoms with Crippen molar-refractivity contribution in [2.24, 2.45) is 5.10 Å².